The molecule has 1 aromatic carbocycles. The second kappa shape index (κ2) is 4.40. The molecule has 0 heterocycles. The van der Waals surface area contributed by atoms with Gasteiger partial charge in [0.1, 0.15) is 0 Å². The van der Waals surface area contributed by atoms with E-state index in [-0.39, 0.29) is 6.47 Å². The number of ether oxygens (including phenoxy) is 1. The van der Waals surface area contributed by atoms with Crippen LogP contribution in [0.1, 0.15) is 18.4 Å². The van der Waals surface area contributed by atoms with Crippen molar-refractivity contribution in [2.75, 3.05) is 0 Å². The van der Waals surface area contributed by atoms with E-state index in [0.717, 1.165) is 5.56 Å². The van der Waals surface area contributed by atoms with Gasteiger partial charge < -0.3 is 4.74 Å². The molecular formula is C10H10O3. The van der Waals surface area contributed by atoms with Crippen LogP contribution in [0.5, 0.6) is 0 Å². The maximum absolute atomic E-state index is 11.1. The van der Waals surface area contributed by atoms with E-state index in [4.69, 9.17) is 0 Å². The zero-order valence-electron chi connectivity index (χ0n) is 7.27. The summed E-state index contributed by atoms with van der Waals surface area (Å²) in [6.07, 6.45) is 0. The molecule has 0 aromatic heterocycles. The maximum Gasteiger partial charge on any atom is 0.320 e. The quantitative estimate of drug-likeness (QED) is 0.400. The lowest BCUT2D eigenvalue weighted by molar-refractivity contribution is -0.152. The van der Waals surface area contributed by atoms with E-state index in [1.54, 1.807) is 6.92 Å². The second-order valence-corrected chi connectivity index (χ2v) is 2.67. The molecule has 1 rings (SSSR count). The molecule has 0 saturated carbocycles. The molecule has 0 N–H and O–H groups in total. The highest BCUT2D eigenvalue weighted by Crippen LogP contribution is 2.15. The average molecular weight is 178 g/mol. The van der Waals surface area contributed by atoms with E-state index in [2.05, 4.69) is 4.74 Å². The van der Waals surface area contributed by atoms with Gasteiger partial charge in [-0.2, -0.15) is 0 Å². The summed E-state index contributed by atoms with van der Waals surface area (Å²) >= 11 is 0. The van der Waals surface area contributed by atoms with Gasteiger partial charge in [-0.1, -0.05) is 30.3 Å². The molecule has 13 heavy (non-hydrogen) atoms. The van der Waals surface area contributed by atoms with E-state index in [1.165, 1.54) is 0 Å². The van der Waals surface area contributed by atoms with Crippen molar-refractivity contribution in [2.24, 2.45) is 0 Å². The first-order valence-electron chi connectivity index (χ1n) is 3.95. The normalized spacial score (nSPS) is 11.8. The molecule has 0 bridgehead atoms. The van der Waals surface area contributed by atoms with Crippen LogP contribution in [0.2, 0.25) is 0 Å². The van der Waals surface area contributed by atoms with Gasteiger partial charge in [0.15, 0.2) is 0 Å². The number of esters is 1. The first kappa shape index (κ1) is 9.45. The van der Waals surface area contributed by atoms with Crippen molar-refractivity contribution in [1.82, 2.24) is 0 Å². The lowest BCUT2D eigenvalue weighted by atomic mass is 10.0. The highest BCUT2D eigenvalue weighted by molar-refractivity contribution is 5.82. The fourth-order valence-electron chi connectivity index (χ4n) is 1.03. The zero-order valence-corrected chi connectivity index (χ0v) is 7.27. The first-order valence-corrected chi connectivity index (χ1v) is 3.95. The van der Waals surface area contributed by atoms with Crippen molar-refractivity contribution in [3.63, 3.8) is 0 Å². The Morgan fingerprint density at radius 2 is 2.00 bits per heavy atom. The molecule has 68 valence electrons. The number of carbonyl (C=O) groups is 2. The van der Waals surface area contributed by atoms with Crippen molar-refractivity contribution in [3.05, 3.63) is 35.9 Å². The minimum atomic E-state index is -0.527. The molecule has 0 spiro atoms. The number of carbonyl (C=O) groups excluding carboxylic acids is 2. The second-order valence-electron chi connectivity index (χ2n) is 2.67. The summed E-state index contributed by atoms with van der Waals surface area (Å²) in [6.45, 7) is 1.85. The summed E-state index contributed by atoms with van der Waals surface area (Å²) in [6, 6.07) is 9.16. The van der Waals surface area contributed by atoms with Gasteiger partial charge in [0.25, 0.3) is 0 Å². The Bertz CT molecular complexity index is 292. The van der Waals surface area contributed by atoms with Crippen LogP contribution in [0.15, 0.2) is 30.3 Å². The highest BCUT2D eigenvalue weighted by atomic mass is 16.6. The third kappa shape index (κ3) is 2.40. The lowest BCUT2D eigenvalue weighted by Gasteiger charge is -2.07. The third-order valence-electron chi connectivity index (χ3n) is 1.82. The lowest BCUT2D eigenvalue weighted by Crippen LogP contribution is -2.11. The molecule has 0 fully saturated rings. The molecule has 1 atom stereocenters. The fourth-order valence-corrected chi connectivity index (χ4v) is 1.03. The van der Waals surface area contributed by atoms with Crippen LogP contribution in [-0.4, -0.2) is 12.4 Å². The van der Waals surface area contributed by atoms with Gasteiger partial charge in [-0.15, -0.1) is 0 Å². The average Bonchev–Trinajstić information content (AvgIpc) is 2.18. The van der Waals surface area contributed by atoms with Crippen LogP contribution in [-0.2, 0) is 14.3 Å². The highest BCUT2D eigenvalue weighted by Gasteiger charge is 2.15. The van der Waals surface area contributed by atoms with Crippen molar-refractivity contribution < 1.29 is 14.3 Å². The number of hydrogen-bond acceptors (Lipinski definition) is 3. The first-order chi connectivity index (χ1) is 6.25. The van der Waals surface area contributed by atoms with E-state index >= 15 is 0 Å². The largest absolute Gasteiger partial charge is 0.395 e. The van der Waals surface area contributed by atoms with Gasteiger partial charge in [0.05, 0.1) is 5.92 Å². The Morgan fingerprint density at radius 3 is 2.54 bits per heavy atom. The van der Waals surface area contributed by atoms with Gasteiger partial charge in [0.2, 0.25) is 0 Å². The SMILES string of the molecule is CC(C(=O)OC=O)c1ccccc1. The zero-order chi connectivity index (χ0) is 9.68. The van der Waals surface area contributed by atoms with Gasteiger partial charge in [-0.05, 0) is 12.5 Å². The van der Waals surface area contributed by atoms with Crippen LogP contribution in [0.4, 0.5) is 0 Å². The molecule has 3 nitrogen and oxygen atoms in total. The fraction of sp³-hybridized carbons (Fsp3) is 0.200. The minimum Gasteiger partial charge on any atom is -0.395 e. The number of benzene rings is 1. The predicted molar refractivity (Wildman–Crippen MR) is 47.0 cm³/mol. The molecule has 3 heteroatoms. The van der Waals surface area contributed by atoms with Crippen molar-refractivity contribution in [2.45, 2.75) is 12.8 Å². The molecule has 1 aromatic rings. The van der Waals surface area contributed by atoms with E-state index in [1.807, 2.05) is 30.3 Å². The molecule has 1 unspecified atom stereocenters. The molecule has 0 aliphatic heterocycles. The molecule has 0 radical (unpaired) electrons. The Morgan fingerprint density at radius 1 is 1.38 bits per heavy atom. The van der Waals surface area contributed by atoms with Crippen LogP contribution < -0.4 is 0 Å². The predicted octanol–water partition coefficient (Wildman–Crippen LogP) is 1.49. The summed E-state index contributed by atoms with van der Waals surface area (Å²) in [4.78, 5) is 21.0. The minimum absolute atomic E-state index is 0.155. The van der Waals surface area contributed by atoms with Crippen molar-refractivity contribution in [1.29, 1.82) is 0 Å². The topological polar surface area (TPSA) is 43.4 Å². The summed E-state index contributed by atoms with van der Waals surface area (Å²) < 4.78 is 4.24. The Labute approximate surface area is 76.3 Å². The van der Waals surface area contributed by atoms with Gasteiger partial charge in [-0.25, -0.2) is 0 Å². The van der Waals surface area contributed by atoms with Gasteiger partial charge >= 0.3 is 12.4 Å². The van der Waals surface area contributed by atoms with Crippen molar-refractivity contribution >= 4 is 12.4 Å². The van der Waals surface area contributed by atoms with Crippen LogP contribution in [0.3, 0.4) is 0 Å². The van der Waals surface area contributed by atoms with Crippen LogP contribution in [0.25, 0.3) is 0 Å². The Balaban J connectivity index is 2.73. The van der Waals surface area contributed by atoms with Crippen LogP contribution in [0, 0.1) is 0 Å². The van der Waals surface area contributed by atoms with E-state index in [9.17, 15) is 9.59 Å². The monoisotopic (exact) mass is 178 g/mol. The smallest absolute Gasteiger partial charge is 0.320 e. The van der Waals surface area contributed by atoms with Gasteiger partial charge in [-0.3, -0.25) is 9.59 Å². The standard InChI is InChI=1S/C10H10O3/c1-8(10(12)13-7-11)9-5-3-2-4-6-9/h2-8H,1H3. The van der Waals surface area contributed by atoms with Crippen molar-refractivity contribution in [3.8, 4) is 0 Å². The molecule has 0 aliphatic rings. The Hall–Kier alpha value is -1.64. The number of rotatable bonds is 3. The summed E-state index contributed by atoms with van der Waals surface area (Å²) in [7, 11) is 0. The molecule has 0 saturated heterocycles. The maximum atomic E-state index is 11.1. The number of hydrogen-bond donors (Lipinski definition) is 0. The summed E-state index contributed by atoms with van der Waals surface area (Å²) in [5, 5.41) is 0. The molecule has 0 aliphatic carbocycles. The Kier molecular flexibility index (Phi) is 3.20. The van der Waals surface area contributed by atoms with E-state index in [0.29, 0.717) is 0 Å². The van der Waals surface area contributed by atoms with E-state index < -0.39 is 11.9 Å². The summed E-state index contributed by atoms with van der Waals surface area (Å²) in [5.41, 5.74) is 0.842. The molecular weight excluding hydrogens is 168 g/mol. The molecule has 0 amide bonds. The van der Waals surface area contributed by atoms with Crippen LogP contribution >= 0.6 is 0 Å². The van der Waals surface area contributed by atoms with Gasteiger partial charge in [0, 0.05) is 0 Å². The third-order valence-corrected chi connectivity index (χ3v) is 1.82. The summed E-state index contributed by atoms with van der Waals surface area (Å²) in [5.74, 6) is -0.924.